The van der Waals surface area contributed by atoms with Gasteiger partial charge in [-0.05, 0) is 24.1 Å². The van der Waals surface area contributed by atoms with Crippen molar-refractivity contribution >= 4 is 5.69 Å². The zero-order chi connectivity index (χ0) is 14.5. The zero-order valence-electron chi connectivity index (χ0n) is 12.0. The summed E-state index contributed by atoms with van der Waals surface area (Å²) in [6.45, 7) is 4.89. The number of aromatic nitrogens is 2. The zero-order valence-corrected chi connectivity index (χ0v) is 12.0. The van der Waals surface area contributed by atoms with Gasteiger partial charge in [0.15, 0.2) is 0 Å². The summed E-state index contributed by atoms with van der Waals surface area (Å²) < 4.78 is 13.2. The predicted molar refractivity (Wildman–Crippen MR) is 80.8 cm³/mol. The van der Waals surface area contributed by atoms with Crippen LogP contribution in [0.15, 0.2) is 43.0 Å². The van der Waals surface area contributed by atoms with E-state index in [0.717, 1.165) is 44.8 Å². The van der Waals surface area contributed by atoms with Crippen LogP contribution in [-0.4, -0.2) is 47.6 Å². The predicted octanol–water partition coefficient (Wildman–Crippen LogP) is 1.98. The van der Waals surface area contributed by atoms with Gasteiger partial charge in [-0.2, -0.15) is 0 Å². The molecule has 0 radical (unpaired) electrons. The van der Waals surface area contributed by atoms with E-state index >= 15 is 0 Å². The quantitative estimate of drug-likeness (QED) is 0.860. The van der Waals surface area contributed by atoms with Gasteiger partial charge in [0.2, 0.25) is 0 Å². The standard InChI is InChI=1S/C16H19FN4/c17-15-11-16(13-19-12-15)21-9-7-20(8-10-21)6-3-14-1-4-18-5-2-14/h1-2,4-5,11-13H,3,6-10H2. The van der Waals surface area contributed by atoms with Gasteiger partial charge in [0, 0.05) is 51.2 Å². The normalized spacial score (nSPS) is 16.1. The molecule has 0 N–H and O–H groups in total. The van der Waals surface area contributed by atoms with Gasteiger partial charge >= 0.3 is 0 Å². The van der Waals surface area contributed by atoms with Crippen LogP contribution in [0.3, 0.4) is 0 Å². The van der Waals surface area contributed by atoms with Crippen molar-refractivity contribution in [3.8, 4) is 0 Å². The van der Waals surface area contributed by atoms with Crippen LogP contribution >= 0.6 is 0 Å². The highest BCUT2D eigenvalue weighted by atomic mass is 19.1. The Balaban J connectivity index is 1.49. The molecule has 1 aliphatic rings. The van der Waals surface area contributed by atoms with Gasteiger partial charge in [-0.3, -0.25) is 14.9 Å². The average molecular weight is 286 g/mol. The van der Waals surface area contributed by atoms with Crippen LogP contribution in [0.25, 0.3) is 0 Å². The smallest absolute Gasteiger partial charge is 0.143 e. The third-order valence-corrected chi connectivity index (χ3v) is 3.89. The van der Waals surface area contributed by atoms with Gasteiger partial charge in [-0.15, -0.1) is 0 Å². The van der Waals surface area contributed by atoms with Gasteiger partial charge in [0.1, 0.15) is 5.82 Å². The number of hydrogen-bond acceptors (Lipinski definition) is 4. The number of anilines is 1. The molecular weight excluding hydrogens is 267 g/mol. The second-order valence-corrected chi connectivity index (χ2v) is 5.30. The molecule has 110 valence electrons. The second-order valence-electron chi connectivity index (χ2n) is 5.30. The monoisotopic (exact) mass is 286 g/mol. The van der Waals surface area contributed by atoms with Crippen molar-refractivity contribution in [2.45, 2.75) is 6.42 Å². The maximum Gasteiger partial charge on any atom is 0.143 e. The van der Waals surface area contributed by atoms with Crippen LogP contribution in [0, 0.1) is 5.82 Å². The van der Waals surface area contributed by atoms with E-state index < -0.39 is 0 Å². The van der Waals surface area contributed by atoms with Crippen molar-refractivity contribution in [2.75, 3.05) is 37.6 Å². The Kier molecular flexibility index (Phi) is 4.40. The molecule has 1 saturated heterocycles. The van der Waals surface area contributed by atoms with E-state index in [2.05, 4.69) is 31.9 Å². The fourth-order valence-corrected chi connectivity index (χ4v) is 2.64. The summed E-state index contributed by atoms with van der Waals surface area (Å²) in [6, 6.07) is 5.68. The summed E-state index contributed by atoms with van der Waals surface area (Å²) >= 11 is 0. The first-order valence-electron chi connectivity index (χ1n) is 7.28. The van der Waals surface area contributed by atoms with Gasteiger partial charge in [0.25, 0.3) is 0 Å². The summed E-state index contributed by atoms with van der Waals surface area (Å²) in [6.07, 6.45) is 7.70. The fourth-order valence-electron chi connectivity index (χ4n) is 2.64. The highest BCUT2D eigenvalue weighted by Gasteiger charge is 2.17. The van der Waals surface area contributed by atoms with Crippen LogP contribution in [0.1, 0.15) is 5.56 Å². The highest BCUT2D eigenvalue weighted by molar-refractivity contribution is 5.44. The Morgan fingerprint density at radius 1 is 1.00 bits per heavy atom. The molecule has 0 atom stereocenters. The molecule has 0 spiro atoms. The van der Waals surface area contributed by atoms with E-state index in [1.807, 2.05) is 12.4 Å². The SMILES string of the molecule is Fc1cncc(N2CCN(CCc3ccncc3)CC2)c1. The first-order valence-corrected chi connectivity index (χ1v) is 7.28. The topological polar surface area (TPSA) is 32.3 Å². The maximum absolute atomic E-state index is 13.2. The molecule has 0 aliphatic carbocycles. The molecule has 1 aliphatic heterocycles. The average Bonchev–Trinajstić information content (AvgIpc) is 2.54. The third kappa shape index (κ3) is 3.76. The molecule has 0 saturated carbocycles. The molecule has 2 aromatic rings. The van der Waals surface area contributed by atoms with E-state index in [4.69, 9.17) is 0 Å². The number of rotatable bonds is 4. The Morgan fingerprint density at radius 3 is 2.48 bits per heavy atom. The minimum atomic E-state index is -0.271. The van der Waals surface area contributed by atoms with Gasteiger partial charge in [0.05, 0.1) is 18.1 Å². The summed E-state index contributed by atoms with van der Waals surface area (Å²) in [7, 11) is 0. The van der Waals surface area contributed by atoms with E-state index in [0.29, 0.717) is 0 Å². The van der Waals surface area contributed by atoms with Crippen LogP contribution in [0.4, 0.5) is 10.1 Å². The highest BCUT2D eigenvalue weighted by Crippen LogP contribution is 2.16. The summed E-state index contributed by atoms with van der Waals surface area (Å²) in [5.74, 6) is -0.271. The van der Waals surface area contributed by atoms with Crippen molar-refractivity contribution in [3.63, 3.8) is 0 Å². The minimum Gasteiger partial charge on any atom is -0.368 e. The van der Waals surface area contributed by atoms with Crippen LogP contribution in [-0.2, 0) is 6.42 Å². The second kappa shape index (κ2) is 6.63. The lowest BCUT2D eigenvalue weighted by molar-refractivity contribution is 0.261. The Morgan fingerprint density at radius 2 is 1.76 bits per heavy atom. The number of hydrogen-bond donors (Lipinski definition) is 0. The molecule has 1 fully saturated rings. The van der Waals surface area contributed by atoms with E-state index in [1.165, 1.54) is 11.8 Å². The van der Waals surface area contributed by atoms with E-state index in [9.17, 15) is 4.39 Å². The van der Waals surface area contributed by atoms with Crippen LogP contribution < -0.4 is 4.90 Å². The molecule has 0 aromatic carbocycles. The first-order chi connectivity index (χ1) is 10.3. The summed E-state index contributed by atoms with van der Waals surface area (Å²) in [5, 5.41) is 0. The van der Waals surface area contributed by atoms with Crippen molar-refractivity contribution in [3.05, 3.63) is 54.4 Å². The minimum absolute atomic E-state index is 0.271. The maximum atomic E-state index is 13.2. The number of halogens is 1. The Bertz CT molecular complexity index is 567. The van der Waals surface area contributed by atoms with Gasteiger partial charge in [-0.25, -0.2) is 4.39 Å². The molecular formula is C16H19FN4. The molecule has 0 amide bonds. The summed E-state index contributed by atoms with van der Waals surface area (Å²) in [4.78, 5) is 12.6. The molecule has 0 unspecified atom stereocenters. The lowest BCUT2D eigenvalue weighted by Crippen LogP contribution is -2.47. The van der Waals surface area contributed by atoms with Crippen molar-refractivity contribution < 1.29 is 4.39 Å². The van der Waals surface area contributed by atoms with Crippen molar-refractivity contribution in [1.82, 2.24) is 14.9 Å². The number of nitrogens with zero attached hydrogens (tertiary/aromatic N) is 4. The van der Waals surface area contributed by atoms with Crippen molar-refractivity contribution in [1.29, 1.82) is 0 Å². The van der Waals surface area contributed by atoms with Crippen LogP contribution in [0.5, 0.6) is 0 Å². The summed E-state index contributed by atoms with van der Waals surface area (Å²) in [5.41, 5.74) is 2.20. The lowest BCUT2D eigenvalue weighted by Gasteiger charge is -2.35. The molecule has 3 rings (SSSR count). The lowest BCUT2D eigenvalue weighted by atomic mass is 10.2. The largest absolute Gasteiger partial charge is 0.368 e. The Labute approximate surface area is 124 Å². The van der Waals surface area contributed by atoms with Gasteiger partial charge < -0.3 is 4.90 Å². The van der Waals surface area contributed by atoms with E-state index in [1.54, 1.807) is 12.3 Å². The number of pyridine rings is 2. The first kappa shape index (κ1) is 13.9. The molecule has 21 heavy (non-hydrogen) atoms. The van der Waals surface area contributed by atoms with Crippen LogP contribution in [0.2, 0.25) is 0 Å². The fraction of sp³-hybridized carbons (Fsp3) is 0.375. The number of piperazine rings is 1. The molecule has 0 bridgehead atoms. The molecule has 2 aromatic heterocycles. The molecule has 5 heteroatoms. The Hall–Kier alpha value is -2.01. The molecule has 4 nitrogen and oxygen atoms in total. The van der Waals surface area contributed by atoms with Gasteiger partial charge in [-0.1, -0.05) is 0 Å². The van der Waals surface area contributed by atoms with E-state index in [-0.39, 0.29) is 5.82 Å². The van der Waals surface area contributed by atoms with Crippen molar-refractivity contribution in [2.24, 2.45) is 0 Å². The third-order valence-electron chi connectivity index (χ3n) is 3.89. The molecule has 3 heterocycles.